The lowest BCUT2D eigenvalue weighted by molar-refractivity contribution is -0.140. The molecule has 8 nitrogen and oxygen atoms in total. The zero-order valence-electron chi connectivity index (χ0n) is 17.9. The lowest BCUT2D eigenvalue weighted by Gasteiger charge is -2.27. The van der Waals surface area contributed by atoms with Crippen LogP contribution in [-0.2, 0) is 33.4 Å². The number of aromatic nitrogens is 4. The maximum atomic E-state index is 13.4. The predicted molar refractivity (Wildman–Crippen MR) is 113 cm³/mol. The van der Waals surface area contributed by atoms with E-state index in [-0.39, 0.29) is 29.6 Å². The number of halogens is 3. The van der Waals surface area contributed by atoms with Crippen LogP contribution in [0.4, 0.5) is 13.2 Å². The first-order valence-corrected chi connectivity index (χ1v) is 10.5. The first-order valence-electron chi connectivity index (χ1n) is 10.5. The van der Waals surface area contributed by atoms with Crippen molar-refractivity contribution in [1.29, 1.82) is 0 Å². The molecule has 1 unspecified atom stereocenters. The van der Waals surface area contributed by atoms with Gasteiger partial charge in [-0.25, -0.2) is 9.97 Å². The van der Waals surface area contributed by atoms with Crippen LogP contribution in [-0.4, -0.2) is 69.8 Å². The van der Waals surface area contributed by atoms with Crippen LogP contribution in [0.25, 0.3) is 28.4 Å². The number of H-pyrrole nitrogens is 1. The first kappa shape index (κ1) is 21.7. The molecule has 1 fully saturated rings. The second-order valence-corrected chi connectivity index (χ2v) is 8.03. The SMILES string of the molecule is COC1C=Cc2c(c(-c3cc4c(C(F)(F)F)ncnc4[nH]3)cn2CC(=O)N2CCOCC2)C1. The standard InChI is InChI=1S/C22H22F3N5O3/c1-32-13-2-3-18-14(8-13)16(10-30(18)11-19(31)29-4-6-33-7-5-29)17-9-15-20(22(23,24)25)26-12-27-21(15)28-17/h2-3,9-10,12-13H,4-8,11H2,1H3,(H,26,27,28). The van der Waals surface area contributed by atoms with Gasteiger partial charge in [0.2, 0.25) is 5.91 Å². The molecule has 5 rings (SSSR count). The van der Waals surface area contributed by atoms with Gasteiger partial charge in [0.1, 0.15) is 18.5 Å². The summed E-state index contributed by atoms with van der Waals surface area (Å²) in [5.74, 6) is -0.0354. The van der Waals surface area contributed by atoms with E-state index >= 15 is 0 Å². The van der Waals surface area contributed by atoms with Crippen molar-refractivity contribution in [3.63, 3.8) is 0 Å². The average Bonchev–Trinajstić information content (AvgIpc) is 3.39. The van der Waals surface area contributed by atoms with Gasteiger partial charge in [0.05, 0.1) is 24.7 Å². The highest BCUT2D eigenvalue weighted by molar-refractivity contribution is 5.87. The number of hydrogen-bond acceptors (Lipinski definition) is 5. The molecule has 2 aliphatic rings. The minimum Gasteiger partial charge on any atom is -0.378 e. The number of carbonyl (C=O) groups is 1. The second-order valence-electron chi connectivity index (χ2n) is 8.03. The highest BCUT2D eigenvalue weighted by Gasteiger charge is 2.35. The molecule has 0 radical (unpaired) electrons. The van der Waals surface area contributed by atoms with Crippen LogP contribution in [0, 0.1) is 0 Å². The average molecular weight is 461 g/mol. The van der Waals surface area contributed by atoms with Gasteiger partial charge in [0.25, 0.3) is 0 Å². The molecule has 1 aliphatic carbocycles. The zero-order valence-corrected chi connectivity index (χ0v) is 17.9. The summed E-state index contributed by atoms with van der Waals surface area (Å²) in [7, 11) is 1.60. The summed E-state index contributed by atoms with van der Waals surface area (Å²) in [4.78, 5) is 25.0. The van der Waals surface area contributed by atoms with Gasteiger partial charge in [-0.2, -0.15) is 13.2 Å². The Hall–Kier alpha value is -3.18. The van der Waals surface area contributed by atoms with Crippen LogP contribution in [0.1, 0.15) is 17.0 Å². The minimum atomic E-state index is -4.60. The molecule has 4 heterocycles. The third kappa shape index (κ3) is 4.02. The smallest absolute Gasteiger partial charge is 0.378 e. The number of alkyl halides is 3. The molecule has 33 heavy (non-hydrogen) atoms. The summed E-state index contributed by atoms with van der Waals surface area (Å²) >= 11 is 0. The summed E-state index contributed by atoms with van der Waals surface area (Å²) in [6.45, 7) is 2.22. The molecule has 174 valence electrons. The number of amides is 1. The van der Waals surface area contributed by atoms with Gasteiger partial charge < -0.3 is 23.9 Å². The van der Waals surface area contributed by atoms with Gasteiger partial charge >= 0.3 is 6.18 Å². The predicted octanol–water partition coefficient (Wildman–Crippen LogP) is 2.89. The Morgan fingerprint density at radius 2 is 2.09 bits per heavy atom. The van der Waals surface area contributed by atoms with Gasteiger partial charge in [-0.1, -0.05) is 6.08 Å². The van der Waals surface area contributed by atoms with Crippen molar-refractivity contribution in [2.45, 2.75) is 25.2 Å². The van der Waals surface area contributed by atoms with Crippen molar-refractivity contribution in [3.05, 3.63) is 41.6 Å². The second kappa shape index (κ2) is 8.31. The number of methoxy groups -OCH3 is 1. The molecule has 0 bridgehead atoms. The fraction of sp³-hybridized carbons (Fsp3) is 0.409. The highest BCUT2D eigenvalue weighted by Crippen LogP contribution is 2.37. The third-order valence-corrected chi connectivity index (χ3v) is 6.06. The van der Waals surface area contributed by atoms with Crippen molar-refractivity contribution in [2.75, 3.05) is 33.4 Å². The molecule has 1 saturated heterocycles. The van der Waals surface area contributed by atoms with E-state index in [9.17, 15) is 18.0 Å². The number of carbonyl (C=O) groups excluding carboxylic acids is 1. The summed E-state index contributed by atoms with van der Waals surface area (Å²) < 4.78 is 53.0. The molecule has 11 heteroatoms. The van der Waals surface area contributed by atoms with Crippen molar-refractivity contribution >= 4 is 23.0 Å². The molecule has 1 aliphatic heterocycles. The fourth-order valence-electron chi connectivity index (χ4n) is 4.39. The Morgan fingerprint density at radius 1 is 1.30 bits per heavy atom. The summed E-state index contributed by atoms with van der Waals surface area (Å²) in [6.07, 6.45) is 2.28. The van der Waals surface area contributed by atoms with Crippen molar-refractivity contribution < 1.29 is 27.4 Å². The molecule has 0 spiro atoms. The third-order valence-electron chi connectivity index (χ3n) is 6.06. The van der Waals surface area contributed by atoms with Crippen LogP contribution < -0.4 is 0 Å². The fourth-order valence-corrected chi connectivity index (χ4v) is 4.39. The molecule has 3 aromatic heterocycles. The summed E-state index contributed by atoms with van der Waals surface area (Å²) in [6, 6.07) is 1.42. The van der Waals surface area contributed by atoms with E-state index in [0.717, 1.165) is 17.6 Å². The first-order chi connectivity index (χ1) is 15.8. The van der Waals surface area contributed by atoms with Crippen molar-refractivity contribution in [2.24, 2.45) is 0 Å². The van der Waals surface area contributed by atoms with Gasteiger partial charge in [0, 0.05) is 49.8 Å². The Morgan fingerprint density at radius 3 is 2.82 bits per heavy atom. The number of nitrogens with one attached hydrogen (secondary N) is 1. The topological polar surface area (TPSA) is 85.3 Å². The molecule has 1 N–H and O–H groups in total. The number of nitrogens with zero attached hydrogens (tertiary/aromatic N) is 4. The van der Waals surface area contributed by atoms with E-state index < -0.39 is 11.9 Å². The van der Waals surface area contributed by atoms with E-state index in [1.54, 1.807) is 18.2 Å². The molecule has 1 amide bonds. The van der Waals surface area contributed by atoms with E-state index in [4.69, 9.17) is 9.47 Å². The maximum Gasteiger partial charge on any atom is 0.434 e. The maximum absolute atomic E-state index is 13.4. The van der Waals surface area contributed by atoms with Gasteiger partial charge in [-0.3, -0.25) is 4.79 Å². The Labute approximate surface area is 187 Å². The van der Waals surface area contributed by atoms with Gasteiger partial charge in [-0.15, -0.1) is 0 Å². The number of ether oxygens (including phenoxy) is 2. The summed E-state index contributed by atoms with van der Waals surface area (Å²) in [5.41, 5.74) is 2.04. The highest BCUT2D eigenvalue weighted by atomic mass is 19.4. The Balaban J connectivity index is 1.56. The largest absolute Gasteiger partial charge is 0.434 e. The van der Waals surface area contributed by atoms with Crippen molar-refractivity contribution in [1.82, 2.24) is 24.4 Å². The van der Waals surface area contributed by atoms with Crippen LogP contribution in [0.5, 0.6) is 0 Å². The lowest BCUT2D eigenvalue weighted by atomic mass is 9.97. The van der Waals surface area contributed by atoms with E-state index in [0.29, 0.717) is 44.0 Å². The quantitative estimate of drug-likeness (QED) is 0.646. The van der Waals surface area contributed by atoms with Crippen LogP contribution in [0.3, 0.4) is 0 Å². The Bertz CT molecular complexity index is 1220. The van der Waals surface area contributed by atoms with E-state index in [1.807, 2.05) is 16.7 Å². The van der Waals surface area contributed by atoms with Crippen LogP contribution >= 0.6 is 0 Å². The lowest BCUT2D eigenvalue weighted by Crippen LogP contribution is -2.42. The number of aromatic amines is 1. The number of rotatable bonds is 4. The van der Waals surface area contributed by atoms with E-state index in [2.05, 4.69) is 15.0 Å². The zero-order chi connectivity index (χ0) is 23.2. The molecular weight excluding hydrogens is 439 g/mol. The molecule has 3 aromatic rings. The Kier molecular flexibility index (Phi) is 5.45. The van der Waals surface area contributed by atoms with Gasteiger partial charge in [0.15, 0.2) is 5.69 Å². The monoisotopic (exact) mass is 461 g/mol. The molecule has 0 aromatic carbocycles. The van der Waals surface area contributed by atoms with Gasteiger partial charge in [-0.05, 0) is 17.7 Å². The number of hydrogen-bond donors (Lipinski definition) is 1. The number of fused-ring (bicyclic) bond motifs is 2. The van der Waals surface area contributed by atoms with Crippen LogP contribution in [0.2, 0.25) is 0 Å². The van der Waals surface area contributed by atoms with Crippen molar-refractivity contribution in [3.8, 4) is 11.3 Å². The molecule has 0 saturated carbocycles. The molecule has 1 atom stereocenters. The minimum absolute atomic E-state index is 0.0354. The normalized spacial score (nSPS) is 18.7. The van der Waals surface area contributed by atoms with Crippen LogP contribution in [0.15, 0.2) is 24.7 Å². The van der Waals surface area contributed by atoms with E-state index in [1.165, 1.54) is 6.07 Å². The summed E-state index contributed by atoms with van der Waals surface area (Å²) in [5, 5.41) is -0.0967. The number of morpholine rings is 1. The molecular formula is C22H22F3N5O3.